The Bertz CT molecular complexity index is 501. The first-order valence-corrected chi connectivity index (χ1v) is 6.34. The van der Waals surface area contributed by atoms with Crippen LogP contribution in [0.1, 0.15) is 25.4 Å². The summed E-state index contributed by atoms with van der Waals surface area (Å²) in [5.41, 5.74) is 0.751. The van der Waals surface area contributed by atoms with Gasteiger partial charge in [0.05, 0.1) is 18.8 Å². The molecule has 2 heterocycles. The van der Waals surface area contributed by atoms with E-state index in [0.29, 0.717) is 12.4 Å². The first-order chi connectivity index (χ1) is 8.99. The van der Waals surface area contributed by atoms with Crippen molar-refractivity contribution < 1.29 is 9.59 Å². The van der Waals surface area contributed by atoms with E-state index in [1.54, 1.807) is 24.1 Å². The van der Waals surface area contributed by atoms with Crippen LogP contribution >= 0.6 is 0 Å². The predicted octanol–water partition coefficient (Wildman–Crippen LogP) is 0.268. The number of hydrogen-bond donors (Lipinski definition) is 1. The van der Waals surface area contributed by atoms with Crippen molar-refractivity contribution in [2.75, 3.05) is 6.54 Å². The molecule has 1 aliphatic rings. The molecule has 6 heteroatoms. The van der Waals surface area contributed by atoms with Crippen molar-refractivity contribution in [2.24, 2.45) is 5.92 Å². The highest BCUT2D eigenvalue weighted by Gasteiger charge is 2.36. The van der Waals surface area contributed by atoms with Crippen molar-refractivity contribution in [3.05, 3.63) is 23.8 Å². The molecule has 19 heavy (non-hydrogen) atoms. The second kappa shape index (κ2) is 5.34. The third-order valence-corrected chi connectivity index (χ3v) is 3.14. The zero-order valence-electron chi connectivity index (χ0n) is 11.4. The van der Waals surface area contributed by atoms with Crippen molar-refractivity contribution in [1.29, 1.82) is 0 Å². The van der Waals surface area contributed by atoms with Gasteiger partial charge in [-0.25, -0.2) is 9.97 Å². The van der Waals surface area contributed by atoms with Crippen LogP contribution in [0, 0.1) is 12.8 Å². The summed E-state index contributed by atoms with van der Waals surface area (Å²) in [7, 11) is 0. The first kappa shape index (κ1) is 13.5. The lowest BCUT2D eigenvalue weighted by molar-refractivity contribution is -0.148. The molecule has 1 N–H and O–H groups in total. The second-order valence-electron chi connectivity index (χ2n) is 5.02. The van der Waals surface area contributed by atoms with Gasteiger partial charge in [-0.1, -0.05) is 13.8 Å². The molecule has 1 aromatic rings. The van der Waals surface area contributed by atoms with Crippen LogP contribution in [0.2, 0.25) is 0 Å². The van der Waals surface area contributed by atoms with Crippen molar-refractivity contribution in [2.45, 2.75) is 33.4 Å². The Morgan fingerprint density at radius 3 is 2.84 bits per heavy atom. The topological polar surface area (TPSA) is 75.2 Å². The fraction of sp³-hybridized carbons (Fsp3) is 0.538. The van der Waals surface area contributed by atoms with Crippen LogP contribution in [0.3, 0.4) is 0 Å². The van der Waals surface area contributed by atoms with Crippen molar-refractivity contribution in [3.8, 4) is 0 Å². The molecule has 0 aromatic carbocycles. The number of amides is 2. The molecule has 2 rings (SSSR count). The summed E-state index contributed by atoms with van der Waals surface area (Å²) in [5, 5.41) is 2.63. The molecule has 102 valence electrons. The summed E-state index contributed by atoms with van der Waals surface area (Å²) < 4.78 is 0. The molecule has 1 saturated heterocycles. The van der Waals surface area contributed by atoms with E-state index < -0.39 is 6.04 Å². The van der Waals surface area contributed by atoms with Crippen molar-refractivity contribution in [1.82, 2.24) is 20.2 Å². The molecule has 0 bridgehead atoms. The van der Waals surface area contributed by atoms with Crippen molar-refractivity contribution >= 4 is 11.8 Å². The van der Waals surface area contributed by atoms with Gasteiger partial charge >= 0.3 is 0 Å². The number of aryl methyl sites for hydroxylation is 1. The van der Waals surface area contributed by atoms with Gasteiger partial charge in [-0.2, -0.15) is 0 Å². The fourth-order valence-electron chi connectivity index (χ4n) is 2.28. The SMILES string of the molecule is Cc1nccc(CN2C(=O)CNC(=O)C2C(C)C)n1. The van der Waals surface area contributed by atoms with E-state index in [2.05, 4.69) is 15.3 Å². The monoisotopic (exact) mass is 262 g/mol. The number of aromatic nitrogens is 2. The molecular formula is C13H18N4O2. The normalized spacial score (nSPS) is 19.8. The summed E-state index contributed by atoms with van der Waals surface area (Å²) in [6.07, 6.45) is 1.66. The van der Waals surface area contributed by atoms with E-state index in [4.69, 9.17) is 0 Å². The van der Waals surface area contributed by atoms with Crippen LogP contribution in [0.15, 0.2) is 12.3 Å². The second-order valence-corrected chi connectivity index (χ2v) is 5.02. The fourth-order valence-corrected chi connectivity index (χ4v) is 2.28. The van der Waals surface area contributed by atoms with Gasteiger partial charge in [0.2, 0.25) is 11.8 Å². The summed E-state index contributed by atoms with van der Waals surface area (Å²) in [6.45, 7) is 6.07. The van der Waals surface area contributed by atoms with E-state index in [-0.39, 0.29) is 24.3 Å². The molecule has 0 aliphatic carbocycles. The Morgan fingerprint density at radius 1 is 1.47 bits per heavy atom. The lowest BCUT2D eigenvalue weighted by Crippen LogP contribution is -2.59. The molecule has 0 saturated carbocycles. The van der Waals surface area contributed by atoms with Gasteiger partial charge in [0.25, 0.3) is 0 Å². The highest BCUT2D eigenvalue weighted by molar-refractivity contribution is 5.94. The summed E-state index contributed by atoms with van der Waals surface area (Å²) in [4.78, 5) is 33.8. The standard InChI is InChI=1S/C13H18N4O2/c1-8(2)12-13(19)15-6-11(18)17(12)7-10-4-5-14-9(3)16-10/h4-5,8,12H,6-7H2,1-3H3,(H,15,19). The maximum Gasteiger partial charge on any atom is 0.243 e. The van der Waals surface area contributed by atoms with Crippen molar-refractivity contribution in [3.63, 3.8) is 0 Å². The Balaban J connectivity index is 2.23. The molecule has 2 amide bonds. The number of carbonyl (C=O) groups is 2. The average molecular weight is 262 g/mol. The minimum absolute atomic E-state index is 0.0616. The van der Waals surface area contributed by atoms with Gasteiger partial charge in [-0.05, 0) is 18.9 Å². The third-order valence-electron chi connectivity index (χ3n) is 3.14. The summed E-state index contributed by atoms with van der Waals surface area (Å²) in [6, 6.07) is 1.33. The Morgan fingerprint density at radius 2 is 2.21 bits per heavy atom. The van der Waals surface area contributed by atoms with Crippen LogP contribution in [0.25, 0.3) is 0 Å². The molecular weight excluding hydrogens is 244 g/mol. The number of hydrogen-bond acceptors (Lipinski definition) is 4. The molecule has 1 aliphatic heterocycles. The Kier molecular flexibility index (Phi) is 3.78. The first-order valence-electron chi connectivity index (χ1n) is 6.34. The molecule has 0 spiro atoms. The predicted molar refractivity (Wildman–Crippen MR) is 69.0 cm³/mol. The van der Waals surface area contributed by atoms with Crippen LogP contribution < -0.4 is 5.32 Å². The highest BCUT2D eigenvalue weighted by Crippen LogP contribution is 2.17. The van der Waals surface area contributed by atoms with Gasteiger partial charge in [0.1, 0.15) is 11.9 Å². The molecule has 0 radical (unpaired) electrons. The number of rotatable bonds is 3. The van der Waals surface area contributed by atoms with Crippen LogP contribution in [-0.2, 0) is 16.1 Å². The highest BCUT2D eigenvalue weighted by atomic mass is 16.2. The van der Waals surface area contributed by atoms with E-state index in [1.165, 1.54) is 0 Å². The van der Waals surface area contributed by atoms with E-state index in [9.17, 15) is 9.59 Å². The Hall–Kier alpha value is -1.98. The van der Waals surface area contributed by atoms with Gasteiger partial charge in [-0.3, -0.25) is 9.59 Å². The van der Waals surface area contributed by atoms with Crippen LogP contribution in [0.5, 0.6) is 0 Å². The zero-order valence-corrected chi connectivity index (χ0v) is 11.4. The number of nitrogens with one attached hydrogen (secondary N) is 1. The minimum Gasteiger partial charge on any atom is -0.345 e. The van der Waals surface area contributed by atoms with E-state index in [0.717, 1.165) is 5.69 Å². The number of nitrogens with zero attached hydrogens (tertiary/aromatic N) is 3. The van der Waals surface area contributed by atoms with Gasteiger partial charge in [-0.15, -0.1) is 0 Å². The summed E-state index contributed by atoms with van der Waals surface area (Å²) >= 11 is 0. The van der Waals surface area contributed by atoms with E-state index in [1.807, 2.05) is 13.8 Å². The average Bonchev–Trinajstić information content (AvgIpc) is 2.33. The van der Waals surface area contributed by atoms with Crippen LogP contribution in [0.4, 0.5) is 0 Å². The smallest absolute Gasteiger partial charge is 0.243 e. The zero-order chi connectivity index (χ0) is 14.0. The lowest BCUT2D eigenvalue weighted by Gasteiger charge is -2.36. The minimum atomic E-state index is -0.434. The molecule has 1 fully saturated rings. The third kappa shape index (κ3) is 2.89. The molecule has 6 nitrogen and oxygen atoms in total. The quantitative estimate of drug-likeness (QED) is 0.848. The number of piperazine rings is 1. The van der Waals surface area contributed by atoms with Gasteiger partial charge in [0.15, 0.2) is 0 Å². The number of carbonyl (C=O) groups excluding carboxylic acids is 2. The molecule has 1 unspecified atom stereocenters. The lowest BCUT2D eigenvalue weighted by atomic mass is 9.99. The Labute approximate surface area is 112 Å². The molecule has 1 aromatic heterocycles. The van der Waals surface area contributed by atoms with Gasteiger partial charge in [0, 0.05) is 6.20 Å². The van der Waals surface area contributed by atoms with E-state index >= 15 is 0 Å². The van der Waals surface area contributed by atoms with Crippen LogP contribution in [-0.4, -0.2) is 39.3 Å². The maximum absolute atomic E-state index is 12.0. The largest absolute Gasteiger partial charge is 0.345 e. The maximum atomic E-state index is 12.0. The molecule has 1 atom stereocenters. The van der Waals surface area contributed by atoms with Gasteiger partial charge < -0.3 is 10.2 Å². The summed E-state index contributed by atoms with van der Waals surface area (Å²) in [5.74, 6) is 0.551.